The van der Waals surface area contributed by atoms with E-state index in [4.69, 9.17) is 9.47 Å². The molecule has 0 aromatic heterocycles. The summed E-state index contributed by atoms with van der Waals surface area (Å²) < 4.78 is 11.2. The number of hydrogen-bond acceptors (Lipinski definition) is 2. The van der Waals surface area contributed by atoms with Crippen LogP contribution in [0.4, 0.5) is 0 Å². The number of ether oxygens (including phenoxy) is 2. The van der Waals surface area contributed by atoms with Crippen LogP contribution in [0.25, 0.3) is 0 Å². The molecule has 0 bridgehead atoms. The predicted octanol–water partition coefficient (Wildman–Crippen LogP) is 3.01. The molecular weight excluding hydrogens is 176 g/mol. The maximum absolute atomic E-state index is 5.95. The lowest BCUT2D eigenvalue weighted by Crippen LogP contribution is -2.46. The van der Waals surface area contributed by atoms with Gasteiger partial charge in [0.25, 0.3) is 0 Å². The molecule has 0 amide bonds. The monoisotopic (exact) mass is 200 g/mol. The smallest absolute Gasteiger partial charge is 0.0572 e. The van der Waals surface area contributed by atoms with Gasteiger partial charge in [0.1, 0.15) is 0 Å². The van der Waals surface area contributed by atoms with E-state index in [9.17, 15) is 0 Å². The summed E-state index contributed by atoms with van der Waals surface area (Å²) in [4.78, 5) is 0. The number of rotatable bonds is 7. The quantitative estimate of drug-likeness (QED) is 0.629. The van der Waals surface area contributed by atoms with Crippen LogP contribution >= 0.6 is 0 Å². The van der Waals surface area contributed by atoms with E-state index in [-0.39, 0.29) is 0 Å². The van der Waals surface area contributed by atoms with Crippen LogP contribution in [-0.2, 0) is 9.47 Å². The summed E-state index contributed by atoms with van der Waals surface area (Å²) in [6.07, 6.45) is 5.18. The second-order valence-corrected chi connectivity index (χ2v) is 4.48. The topological polar surface area (TPSA) is 18.5 Å². The van der Waals surface area contributed by atoms with E-state index in [0.29, 0.717) is 11.5 Å². The Morgan fingerprint density at radius 3 is 2.36 bits per heavy atom. The molecule has 1 saturated heterocycles. The van der Waals surface area contributed by atoms with Gasteiger partial charge in [0.05, 0.1) is 25.9 Å². The Balaban J connectivity index is 2.22. The van der Waals surface area contributed by atoms with Gasteiger partial charge in [-0.15, -0.1) is 0 Å². The van der Waals surface area contributed by atoms with Crippen molar-refractivity contribution in [1.29, 1.82) is 0 Å². The Morgan fingerprint density at radius 2 is 2.00 bits per heavy atom. The molecule has 2 nitrogen and oxygen atoms in total. The minimum absolute atomic E-state index is 0.348. The molecule has 1 unspecified atom stereocenters. The van der Waals surface area contributed by atoms with Crippen LogP contribution in [0, 0.1) is 5.41 Å². The fourth-order valence-electron chi connectivity index (χ4n) is 1.80. The molecule has 1 fully saturated rings. The molecule has 0 radical (unpaired) electrons. The molecule has 0 N–H and O–H groups in total. The van der Waals surface area contributed by atoms with Crippen molar-refractivity contribution in [2.24, 2.45) is 5.41 Å². The van der Waals surface area contributed by atoms with Crippen molar-refractivity contribution in [2.75, 3.05) is 19.8 Å². The summed E-state index contributed by atoms with van der Waals surface area (Å²) in [6.45, 7) is 9.33. The average molecular weight is 200 g/mol. The molecule has 0 saturated carbocycles. The molecule has 1 atom stereocenters. The van der Waals surface area contributed by atoms with Crippen LogP contribution in [-0.4, -0.2) is 25.9 Å². The summed E-state index contributed by atoms with van der Waals surface area (Å²) in [5.74, 6) is 0. The van der Waals surface area contributed by atoms with Crippen molar-refractivity contribution < 1.29 is 9.47 Å². The second-order valence-electron chi connectivity index (χ2n) is 4.48. The van der Waals surface area contributed by atoms with E-state index in [1.807, 2.05) is 0 Å². The Labute approximate surface area is 88.0 Å². The molecule has 2 heteroatoms. The zero-order valence-electron chi connectivity index (χ0n) is 9.84. The van der Waals surface area contributed by atoms with Gasteiger partial charge in [-0.1, -0.05) is 27.2 Å². The molecule has 84 valence electrons. The minimum atomic E-state index is 0.348. The Morgan fingerprint density at radius 1 is 1.29 bits per heavy atom. The predicted molar refractivity (Wildman–Crippen MR) is 58.5 cm³/mol. The van der Waals surface area contributed by atoms with Crippen molar-refractivity contribution in [2.45, 2.75) is 52.6 Å². The molecule has 0 aromatic rings. The fraction of sp³-hybridized carbons (Fsp3) is 1.00. The van der Waals surface area contributed by atoms with Crippen molar-refractivity contribution in [3.8, 4) is 0 Å². The van der Waals surface area contributed by atoms with E-state index >= 15 is 0 Å². The number of hydrogen-bond donors (Lipinski definition) is 0. The molecule has 1 aliphatic rings. The van der Waals surface area contributed by atoms with E-state index in [0.717, 1.165) is 26.2 Å². The van der Waals surface area contributed by atoms with Crippen LogP contribution in [0.5, 0.6) is 0 Å². The Hall–Kier alpha value is -0.0800. The molecule has 0 aromatic carbocycles. The fourth-order valence-corrected chi connectivity index (χ4v) is 1.80. The van der Waals surface area contributed by atoms with Gasteiger partial charge >= 0.3 is 0 Å². The standard InChI is InChI=1S/C12H24O2/c1-4-7-11(5-2)14-10-12(6-3)8-13-9-12/h11H,4-10H2,1-3H3. The lowest BCUT2D eigenvalue weighted by Gasteiger charge is -2.41. The summed E-state index contributed by atoms with van der Waals surface area (Å²) in [5, 5.41) is 0. The van der Waals surface area contributed by atoms with Crippen molar-refractivity contribution in [3.05, 3.63) is 0 Å². The summed E-state index contributed by atoms with van der Waals surface area (Å²) in [7, 11) is 0. The van der Waals surface area contributed by atoms with Crippen molar-refractivity contribution in [3.63, 3.8) is 0 Å². The summed E-state index contributed by atoms with van der Waals surface area (Å²) >= 11 is 0. The van der Waals surface area contributed by atoms with E-state index in [1.165, 1.54) is 19.3 Å². The molecule has 14 heavy (non-hydrogen) atoms. The molecule has 1 aliphatic heterocycles. The first-order valence-corrected chi connectivity index (χ1v) is 5.95. The molecule has 1 heterocycles. The van der Waals surface area contributed by atoms with Gasteiger partial charge < -0.3 is 9.47 Å². The lowest BCUT2D eigenvalue weighted by atomic mass is 9.84. The average Bonchev–Trinajstić information content (AvgIpc) is 2.15. The molecule has 0 aliphatic carbocycles. The van der Waals surface area contributed by atoms with Crippen LogP contribution < -0.4 is 0 Å². The lowest BCUT2D eigenvalue weighted by molar-refractivity contribution is -0.161. The first-order chi connectivity index (χ1) is 6.76. The SMILES string of the molecule is CCCC(CC)OCC1(CC)COC1. The minimum Gasteiger partial charge on any atom is -0.380 e. The van der Waals surface area contributed by atoms with Gasteiger partial charge in [0.15, 0.2) is 0 Å². The van der Waals surface area contributed by atoms with Gasteiger partial charge in [-0.25, -0.2) is 0 Å². The van der Waals surface area contributed by atoms with Crippen molar-refractivity contribution in [1.82, 2.24) is 0 Å². The highest BCUT2D eigenvalue weighted by Crippen LogP contribution is 2.32. The highest BCUT2D eigenvalue weighted by Gasteiger charge is 2.37. The zero-order chi connectivity index (χ0) is 10.4. The molecular formula is C12H24O2. The van der Waals surface area contributed by atoms with E-state index < -0.39 is 0 Å². The van der Waals surface area contributed by atoms with E-state index in [1.54, 1.807) is 0 Å². The maximum atomic E-state index is 5.95. The van der Waals surface area contributed by atoms with Gasteiger partial charge in [-0.2, -0.15) is 0 Å². The third kappa shape index (κ3) is 2.96. The van der Waals surface area contributed by atoms with Crippen LogP contribution in [0.3, 0.4) is 0 Å². The van der Waals surface area contributed by atoms with Gasteiger partial charge in [0.2, 0.25) is 0 Å². The first kappa shape index (κ1) is 12.0. The first-order valence-electron chi connectivity index (χ1n) is 5.95. The highest BCUT2D eigenvalue weighted by atomic mass is 16.5. The summed E-state index contributed by atoms with van der Waals surface area (Å²) in [5.41, 5.74) is 0.348. The molecule has 1 rings (SSSR count). The summed E-state index contributed by atoms with van der Waals surface area (Å²) in [6, 6.07) is 0. The molecule has 0 spiro atoms. The van der Waals surface area contributed by atoms with Gasteiger partial charge in [-0.3, -0.25) is 0 Å². The Bertz CT molecular complexity index is 147. The highest BCUT2D eigenvalue weighted by molar-refractivity contribution is 4.84. The van der Waals surface area contributed by atoms with Gasteiger partial charge in [0, 0.05) is 5.41 Å². The third-order valence-electron chi connectivity index (χ3n) is 3.26. The second kappa shape index (κ2) is 5.72. The van der Waals surface area contributed by atoms with E-state index in [2.05, 4.69) is 20.8 Å². The maximum Gasteiger partial charge on any atom is 0.0572 e. The zero-order valence-corrected chi connectivity index (χ0v) is 9.84. The Kier molecular flexibility index (Phi) is 4.90. The normalized spacial score (nSPS) is 21.6. The van der Waals surface area contributed by atoms with Crippen molar-refractivity contribution >= 4 is 0 Å². The van der Waals surface area contributed by atoms with Crippen LogP contribution in [0.1, 0.15) is 46.5 Å². The third-order valence-corrected chi connectivity index (χ3v) is 3.26. The van der Waals surface area contributed by atoms with Crippen LogP contribution in [0.2, 0.25) is 0 Å². The van der Waals surface area contributed by atoms with Crippen LogP contribution in [0.15, 0.2) is 0 Å². The van der Waals surface area contributed by atoms with Gasteiger partial charge in [-0.05, 0) is 19.3 Å². The largest absolute Gasteiger partial charge is 0.380 e.